The predicted octanol–water partition coefficient (Wildman–Crippen LogP) is 0.655. The fourth-order valence-electron chi connectivity index (χ4n) is 1.67. The molecule has 0 spiro atoms. The van der Waals surface area contributed by atoms with Gasteiger partial charge in [0.1, 0.15) is 6.10 Å². The van der Waals surface area contributed by atoms with E-state index in [2.05, 4.69) is 19.2 Å². The van der Waals surface area contributed by atoms with Crippen LogP contribution < -0.4 is 11.1 Å². The van der Waals surface area contributed by atoms with Crippen LogP contribution in [-0.4, -0.2) is 31.2 Å². The first-order valence-corrected chi connectivity index (χ1v) is 5.76. The molecule has 4 nitrogen and oxygen atoms in total. The van der Waals surface area contributed by atoms with E-state index in [1.165, 1.54) is 0 Å². The number of amides is 1. The molecule has 0 saturated carbocycles. The number of carbonyl (C=O) groups is 1. The minimum atomic E-state index is -0.272. The maximum atomic E-state index is 11.6. The van der Waals surface area contributed by atoms with Crippen molar-refractivity contribution in [3.05, 3.63) is 0 Å². The van der Waals surface area contributed by atoms with Crippen molar-refractivity contribution >= 4 is 5.91 Å². The van der Waals surface area contributed by atoms with Crippen molar-refractivity contribution < 1.29 is 9.53 Å². The molecule has 1 aliphatic heterocycles. The lowest BCUT2D eigenvalue weighted by Gasteiger charge is -2.13. The van der Waals surface area contributed by atoms with Gasteiger partial charge in [0.2, 0.25) is 5.91 Å². The Morgan fingerprint density at radius 2 is 2.27 bits per heavy atom. The summed E-state index contributed by atoms with van der Waals surface area (Å²) in [6.07, 6.45) is 2.52. The molecule has 0 aliphatic carbocycles. The molecule has 1 fully saturated rings. The Labute approximate surface area is 91.5 Å². The van der Waals surface area contributed by atoms with Crippen LogP contribution in [0.5, 0.6) is 0 Å². The second-order valence-corrected chi connectivity index (χ2v) is 4.53. The van der Waals surface area contributed by atoms with Crippen LogP contribution in [-0.2, 0) is 9.53 Å². The van der Waals surface area contributed by atoms with Crippen LogP contribution in [0.2, 0.25) is 0 Å². The molecule has 1 heterocycles. The first-order valence-electron chi connectivity index (χ1n) is 5.76. The zero-order valence-electron chi connectivity index (χ0n) is 9.66. The second-order valence-electron chi connectivity index (χ2n) is 4.53. The van der Waals surface area contributed by atoms with E-state index in [-0.39, 0.29) is 18.1 Å². The normalized spacial score (nSPS) is 25.9. The number of ether oxygens (including phenoxy) is 1. The van der Waals surface area contributed by atoms with Gasteiger partial charge in [0.25, 0.3) is 0 Å². The Morgan fingerprint density at radius 3 is 2.80 bits per heavy atom. The van der Waals surface area contributed by atoms with Gasteiger partial charge in [-0.2, -0.15) is 0 Å². The van der Waals surface area contributed by atoms with Crippen molar-refractivity contribution in [1.82, 2.24) is 5.32 Å². The third kappa shape index (κ3) is 4.18. The number of hydrogen-bond donors (Lipinski definition) is 2. The molecule has 0 unspecified atom stereocenters. The van der Waals surface area contributed by atoms with Gasteiger partial charge in [-0.05, 0) is 25.2 Å². The van der Waals surface area contributed by atoms with Gasteiger partial charge < -0.3 is 15.8 Å². The van der Waals surface area contributed by atoms with Gasteiger partial charge in [0, 0.05) is 13.1 Å². The van der Waals surface area contributed by atoms with E-state index in [0.717, 1.165) is 25.8 Å². The van der Waals surface area contributed by atoms with Gasteiger partial charge in [-0.15, -0.1) is 0 Å². The average molecular weight is 214 g/mol. The Kier molecular flexibility index (Phi) is 5.05. The van der Waals surface area contributed by atoms with Crippen LogP contribution in [0.25, 0.3) is 0 Å². The largest absolute Gasteiger partial charge is 0.364 e. The second kappa shape index (κ2) is 6.08. The van der Waals surface area contributed by atoms with Crippen LogP contribution >= 0.6 is 0 Å². The Morgan fingerprint density at radius 1 is 1.53 bits per heavy atom. The number of hydrogen-bond acceptors (Lipinski definition) is 3. The lowest BCUT2D eigenvalue weighted by atomic mass is 10.1. The maximum Gasteiger partial charge on any atom is 0.249 e. The van der Waals surface area contributed by atoms with E-state index in [1.54, 1.807) is 0 Å². The van der Waals surface area contributed by atoms with Crippen molar-refractivity contribution in [2.75, 3.05) is 13.1 Å². The van der Waals surface area contributed by atoms with Gasteiger partial charge >= 0.3 is 0 Å². The number of nitrogens with two attached hydrogens (primary N) is 1. The molecule has 3 N–H and O–H groups in total. The highest BCUT2D eigenvalue weighted by atomic mass is 16.5. The SMILES string of the molecule is CC(C)CCNC(=O)[C@@H]1CC[C@H](CN)O1. The summed E-state index contributed by atoms with van der Waals surface area (Å²) >= 11 is 0. The van der Waals surface area contributed by atoms with Gasteiger partial charge in [0.15, 0.2) is 0 Å². The standard InChI is InChI=1S/C11H22N2O2/c1-8(2)5-6-13-11(14)10-4-3-9(7-12)15-10/h8-10H,3-7,12H2,1-2H3,(H,13,14)/t9-,10+/m1/s1. The lowest BCUT2D eigenvalue weighted by molar-refractivity contribution is -0.131. The molecule has 1 rings (SSSR count). The minimum absolute atomic E-state index is 0.0200. The molecule has 2 atom stereocenters. The fourth-order valence-corrected chi connectivity index (χ4v) is 1.67. The lowest BCUT2D eigenvalue weighted by Crippen LogP contribution is -2.36. The maximum absolute atomic E-state index is 11.6. The summed E-state index contributed by atoms with van der Waals surface area (Å²) in [5, 5.41) is 2.90. The summed E-state index contributed by atoms with van der Waals surface area (Å²) in [7, 11) is 0. The van der Waals surface area contributed by atoms with E-state index in [0.29, 0.717) is 12.5 Å². The molecule has 0 radical (unpaired) electrons. The monoisotopic (exact) mass is 214 g/mol. The Balaban J connectivity index is 2.18. The first-order chi connectivity index (χ1) is 7.13. The molecule has 88 valence electrons. The van der Waals surface area contributed by atoms with Crippen molar-refractivity contribution in [2.45, 2.75) is 45.3 Å². The van der Waals surface area contributed by atoms with E-state index in [1.807, 2.05) is 0 Å². The van der Waals surface area contributed by atoms with Crippen molar-refractivity contribution in [3.8, 4) is 0 Å². The molecule has 15 heavy (non-hydrogen) atoms. The van der Waals surface area contributed by atoms with E-state index in [4.69, 9.17) is 10.5 Å². The number of carbonyl (C=O) groups excluding carboxylic acids is 1. The Bertz CT molecular complexity index is 207. The first kappa shape index (κ1) is 12.5. The highest BCUT2D eigenvalue weighted by Gasteiger charge is 2.29. The van der Waals surface area contributed by atoms with E-state index in [9.17, 15) is 4.79 Å². The van der Waals surface area contributed by atoms with Crippen molar-refractivity contribution in [2.24, 2.45) is 11.7 Å². The molecule has 0 aromatic rings. The minimum Gasteiger partial charge on any atom is -0.364 e. The van der Waals surface area contributed by atoms with Gasteiger partial charge in [-0.1, -0.05) is 13.8 Å². The fraction of sp³-hybridized carbons (Fsp3) is 0.909. The predicted molar refractivity (Wildman–Crippen MR) is 59.4 cm³/mol. The van der Waals surface area contributed by atoms with Crippen LogP contribution in [0.1, 0.15) is 33.1 Å². The zero-order chi connectivity index (χ0) is 11.3. The third-order valence-electron chi connectivity index (χ3n) is 2.68. The van der Waals surface area contributed by atoms with Gasteiger partial charge in [-0.25, -0.2) is 0 Å². The summed E-state index contributed by atoms with van der Waals surface area (Å²) in [4.78, 5) is 11.6. The Hall–Kier alpha value is -0.610. The summed E-state index contributed by atoms with van der Waals surface area (Å²) in [6.45, 7) is 5.53. The smallest absolute Gasteiger partial charge is 0.249 e. The van der Waals surface area contributed by atoms with Gasteiger partial charge in [0.05, 0.1) is 6.10 Å². The molecular weight excluding hydrogens is 192 g/mol. The molecule has 0 aromatic carbocycles. The topological polar surface area (TPSA) is 64.4 Å². The van der Waals surface area contributed by atoms with Crippen LogP contribution in [0.3, 0.4) is 0 Å². The zero-order valence-corrected chi connectivity index (χ0v) is 9.66. The quantitative estimate of drug-likeness (QED) is 0.706. The molecule has 0 aromatic heterocycles. The number of nitrogens with one attached hydrogen (secondary N) is 1. The molecule has 1 amide bonds. The highest BCUT2D eigenvalue weighted by molar-refractivity contribution is 5.80. The van der Waals surface area contributed by atoms with E-state index >= 15 is 0 Å². The summed E-state index contributed by atoms with van der Waals surface area (Å²) in [5.41, 5.74) is 5.48. The summed E-state index contributed by atoms with van der Waals surface area (Å²) < 4.78 is 5.49. The van der Waals surface area contributed by atoms with E-state index < -0.39 is 0 Å². The highest BCUT2D eigenvalue weighted by Crippen LogP contribution is 2.18. The molecule has 1 aliphatic rings. The molecule has 1 saturated heterocycles. The summed E-state index contributed by atoms with van der Waals surface area (Å²) in [6, 6.07) is 0. The summed E-state index contributed by atoms with van der Waals surface area (Å²) in [5.74, 6) is 0.637. The molecule has 0 bridgehead atoms. The van der Waals surface area contributed by atoms with Gasteiger partial charge in [-0.3, -0.25) is 4.79 Å². The molecule has 4 heteroatoms. The van der Waals surface area contributed by atoms with Crippen molar-refractivity contribution in [3.63, 3.8) is 0 Å². The van der Waals surface area contributed by atoms with Crippen LogP contribution in [0.15, 0.2) is 0 Å². The molecular formula is C11H22N2O2. The van der Waals surface area contributed by atoms with Crippen LogP contribution in [0, 0.1) is 5.92 Å². The van der Waals surface area contributed by atoms with Crippen LogP contribution in [0.4, 0.5) is 0 Å². The number of rotatable bonds is 5. The third-order valence-corrected chi connectivity index (χ3v) is 2.68. The average Bonchev–Trinajstić information content (AvgIpc) is 2.65. The van der Waals surface area contributed by atoms with Crippen molar-refractivity contribution in [1.29, 1.82) is 0 Å².